The molecule has 7 rings (SSSR count). The van der Waals surface area contributed by atoms with Crippen LogP contribution in [0.3, 0.4) is 0 Å². The monoisotopic (exact) mass is 730 g/mol. The standard InChI is InChI=1S/C39H39ClN2O6S2/c1-38(2)33(41-29-19-17-25-27(35(29)38)11-7-13-31(25)49(43,44)45)21-15-23-9-6-10-24(37(23)40)16-22-34-39(3,4)36-28-12-8-14-32(50(46,47)48)26(28)18-20-30(36)42(34)5/h7-8,11-22,34,41H,6,9-10H2,1-5H3,(H,43,44,45)(H,46,47,48)/b22-16+,23-15+,33-21+. The molecule has 0 radical (unpaired) electrons. The summed E-state index contributed by atoms with van der Waals surface area (Å²) in [6.07, 6.45) is 11.0. The molecule has 4 aromatic carbocycles. The molecule has 2 heterocycles. The highest BCUT2D eigenvalue weighted by molar-refractivity contribution is 7.86. The zero-order valence-electron chi connectivity index (χ0n) is 28.5. The van der Waals surface area contributed by atoms with Gasteiger partial charge in [-0.1, -0.05) is 93.9 Å². The lowest BCUT2D eigenvalue weighted by atomic mass is 9.78. The van der Waals surface area contributed by atoms with E-state index in [9.17, 15) is 25.9 Å². The van der Waals surface area contributed by atoms with Crippen molar-refractivity contribution in [1.29, 1.82) is 0 Å². The summed E-state index contributed by atoms with van der Waals surface area (Å²) in [4.78, 5) is 2.00. The number of hydrogen-bond donors (Lipinski definition) is 3. The summed E-state index contributed by atoms with van der Waals surface area (Å²) in [6, 6.07) is 17.2. The Labute approximate surface area is 298 Å². The van der Waals surface area contributed by atoms with Gasteiger partial charge < -0.3 is 10.2 Å². The Morgan fingerprint density at radius 3 is 2.02 bits per heavy atom. The Balaban J connectivity index is 1.20. The average molecular weight is 731 g/mol. The zero-order chi connectivity index (χ0) is 36.0. The normalized spacial score (nSPS) is 21.8. The van der Waals surface area contributed by atoms with Crippen molar-refractivity contribution in [2.24, 2.45) is 0 Å². The second-order valence-corrected chi connectivity index (χ2v) is 17.6. The average Bonchev–Trinajstić information content (AvgIpc) is 3.42. The van der Waals surface area contributed by atoms with Crippen LogP contribution in [-0.2, 0) is 31.1 Å². The number of rotatable bonds is 5. The maximum absolute atomic E-state index is 12.1. The van der Waals surface area contributed by atoms with Crippen molar-refractivity contribution in [2.45, 2.75) is 73.6 Å². The Hall–Kier alpha value is -3.93. The summed E-state index contributed by atoms with van der Waals surface area (Å²) in [5.41, 5.74) is 6.06. The zero-order valence-corrected chi connectivity index (χ0v) is 30.8. The minimum absolute atomic E-state index is 0.0379. The lowest BCUT2D eigenvalue weighted by Gasteiger charge is -2.30. The van der Waals surface area contributed by atoms with Gasteiger partial charge in [0.1, 0.15) is 9.79 Å². The van der Waals surface area contributed by atoms with E-state index in [-0.39, 0.29) is 21.2 Å². The number of allylic oxidation sites excluding steroid dienone is 7. The summed E-state index contributed by atoms with van der Waals surface area (Å²) >= 11 is 7.09. The molecule has 0 saturated carbocycles. The minimum atomic E-state index is -4.38. The highest BCUT2D eigenvalue weighted by Crippen LogP contribution is 2.50. The minimum Gasteiger partial charge on any atom is -0.367 e. The van der Waals surface area contributed by atoms with Crippen LogP contribution in [0.2, 0.25) is 0 Å². The summed E-state index contributed by atoms with van der Waals surface area (Å²) in [6.45, 7) is 8.48. The van der Waals surface area contributed by atoms with Gasteiger partial charge >= 0.3 is 0 Å². The molecule has 0 amide bonds. The Morgan fingerprint density at radius 1 is 0.800 bits per heavy atom. The molecular weight excluding hydrogens is 692 g/mol. The first-order valence-corrected chi connectivity index (χ1v) is 19.7. The van der Waals surface area contributed by atoms with Gasteiger partial charge in [-0.05, 0) is 82.6 Å². The molecule has 1 unspecified atom stereocenters. The molecule has 1 atom stereocenters. The highest BCUT2D eigenvalue weighted by Gasteiger charge is 2.43. The Kier molecular flexibility index (Phi) is 8.16. The van der Waals surface area contributed by atoms with Crippen LogP contribution in [0.5, 0.6) is 0 Å². The fourth-order valence-electron chi connectivity index (χ4n) is 8.28. The Bertz CT molecular complexity index is 2480. The van der Waals surface area contributed by atoms with E-state index < -0.39 is 25.7 Å². The molecule has 0 bridgehead atoms. The number of halogens is 1. The molecule has 0 aromatic heterocycles. The van der Waals surface area contributed by atoms with E-state index in [4.69, 9.17) is 11.6 Å². The SMILES string of the molecule is CN1c2ccc3c(S(=O)(=O)O)cccc3c2C(C)(C)C1/C=C/C1=C(Cl)C(=C/C=C2/Nc3ccc4c(S(=O)(=O)O)cccc4c3C2(C)C)/CCC1. The van der Waals surface area contributed by atoms with E-state index >= 15 is 0 Å². The van der Waals surface area contributed by atoms with Gasteiger partial charge in [-0.2, -0.15) is 16.8 Å². The topological polar surface area (TPSA) is 124 Å². The molecule has 3 N–H and O–H groups in total. The number of nitrogens with one attached hydrogen (secondary N) is 1. The largest absolute Gasteiger partial charge is 0.367 e. The third-order valence-electron chi connectivity index (χ3n) is 10.7. The Morgan fingerprint density at radius 2 is 1.40 bits per heavy atom. The van der Waals surface area contributed by atoms with Crippen molar-refractivity contribution >= 4 is 64.8 Å². The summed E-state index contributed by atoms with van der Waals surface area (Å²) < 4.78 is 68.2. The second kappa shape index (κ2) is 11.8. The number of anilines is 2. The van der Waals surface area contributed by atoms with E-state index in [1.165, 1.54) is 12.1 Å². The molecular formula is C39H39ClN2O6S2. The highest BCUT2D eigenvalue weighted by atomic mass is 35.5. The van der Waals surface area contributed by atoms with Gasteiger partial charge in [0.05, 0.1) is 6.04 Å². The van der Waals surface area contributed by atoms with Crippen LogP contribution in [-0.4, -0.2) is 39.0 Å². The quantitative estimate of drug-likeness (QED) is 0.174. The molecule has 0 fully saturated rings. The van der Waals surface area contributed by atoms with Gasteiger partial charge in [-0.15, -0.1) is 0 Å². The molecule has 260 valence electrons. The molecule has 11 heteroatoms. The van der Waals surface area contributed by atoms with Crippen LogP contribution in [0.1, 0.15) is 58.1 Å². The number of nitrogens with zero attached hydrogens (tertiary/aromatic N) is 1. The van der Waals surface area contributed by atoms with Crippen LogP contribution in [0, 0.1) is 0 Å². The van der Waals surface area contributed by atoms with E-state index in [1.807, 2.05) is 31.3 Å². The lowest BCUT2D eigenvalue weighted by molar-refractivity contribution is 0.482. The van der Waals surface area contributed by atoms with E-state index in [0.717, 1.165) is 74.4 Å². The van der Waals surface area contributed by atoms with Gasteiger partial charge in [-0.25, -0.2) is 0 Å². The molecule has 0 saturated heterocycles. The van der Waals surface area contributed by atoms with Crippen LogP contribution < -0.4 is 10.2 Å². The fourth-order valence-corrected chi connectivity index (χ4v) is 10.0. The molecule has 1 aliphatic carbocycles. The summed E-state index contributed by atoms with van der Waals surface area (Å²) in [5, 5.41) is 6.80. The van der Waals surface area contributed by atoms with Crippen molar-refractivity contribution in [3.63, 3.8) is 0 Å². The molecule has 0 spiro atoms. The van der Waals surface area contributed by atoms with E-state index in [2.05, 4.69) is 62.2 Å². The van der Waals surface area contributed by atoms with Crippen LogP contribution in [0.25, 0.3) is 21.5 Å². The second-order valence-electron chi connectivity index (χ2n) is 14.5. The number of likely N-dealkylation sites (N-methyl/N-ethyl adjacent to an activating group) is 1. The third kappa shape index (κ3) is 5.49. The van der Waals surface area contributed by atoms with Gasteiger partial charge in [-0.3, -0.25) is 9.11 Å². The number of benzene rings is 4. The van der Waals surface area contributed by atoms with Gasteiger partial charge in [0, 0.05) is 50.8 Å². The predicted molar refractivity (Wildman–Crippen MR) is 201 cm³/mol. The molecule has 50 heavy (non-hydrogen) atoms. The molecule has 3 aliphatic rings. The van der Waals surface area contributed by atoms with Crippen LogP contribution in [0.15, 0.2) is 117 Å². The van der Waals surface area contributed by atoms with Gasteiger partial charge in [0.25, 0.3) is 20.2 Å². The van der Waals surface area contributed by atoms with Crippen molar-refractivity contribution < 1.29 is 25.9 Å². The first-order chi connectivity index (χ1) is 23.4. The summed E-state index contributed by atoms with van der Waals surface area (Å²) in [7, 11) is -6.73. The number of fused-ring (bicyclic) bond motifs is 6. The maximum Gasteiger partial charge on any atom is 0.295 e. The van der Waals surface area contributed by atoms with Crippen molar-refractivity contribution in [3.8, 4) is 0 Å². The van der Waals surface area contributed by atoms with Crippen molar-refractivity contribution in [2.75, 3.05) is 17.3 Å². The lowest BCUT2D eigenvalue weighted by Crippen LogP contribution is -2.37. The maximum atomic E-state index is 12.1. The smallest absolute Gasteiger partial charge is 0.295 e. The number of hydrogen-bond acceptors (Lipinski definition) is 6. The predicted octanol–water partition coefficient (Wildman–Crippen LogP) is 9.03. The van der Waals surface area contributed by atoms with Crippen LogP contribution in [0.4, 0.5) is 11.4 Å². The summed E-state index contributed by atoms with van der Waals surface area (Å²) in [5.74, 6) is 0. The van der Waals surface area contributed by atoms with Gasteiger partial charge in [0.15, 0.2) is 0 Å². The molecule has 4 aromatic rings. The van der Waals surface area contributed by atoms with Crippen molar-refractivity contribution in [3.05, 3.63) is 118 Å². The van der Waals surface area contributed by atoms with E-state index in [0.29, 0.717) is 10.8 Å². The van der Waals surface area contributed by atoms with E-state index in [1.54, 1.807) is 24.3 Å². The first-order valence-electron chi connectivity index (χ1n) is 16.5. The van der Waals surface area contributed by atoms with Crippen molar-refractivity contribution in [1.82, 2.24) is 0 Å². The van der Waals surface area contributed by atoms with Crippen LogP contribution >= 0.6 is 11.6 Å². The first kappa shape index (κ1) is 34.5. The molecule has 2 aliphatic heterocycles. The third-order valence-corrected chi connectivity index (χ3v) is 13.0. The van der Waals surface area contributed by atoms with Gasteiger partial charge in [0.2, 0.25) is 0 Å². The fraction of sp³-hybridized carbons (Fsp3) is 0.282. The molecule has 8 nitrogen and oxygen atoms in total.